The molecule has 2 aromatic rings. The maximum Gasteiger partial charge on any atom is 0.408 e. The molecule has 2 N–H and O–H groups in total. The number of benzene rings is 2. The Morgan fingerprint density at radius 2 is 1.55 bits per heavy atom. The summed E-state index contributed by atoms with van der Waals surface area (Å²) in [5.41, 5.74) is 2.99. The van der Waals surface area contributed by atoms with Crippen molar-refractivity contribution >= 4 is 17.9 Å². The van der Waals surface area contributed by atoms with Crippen molar-refractivity contribution in [2.75, 3.05) is 0 Å². The molecule has 2 aromatic carbocycles. The van der Waals surface area contributed by atoms with Crippen LogP contribution in [0.5, 0.6) is 0 Å². The van der Waals surface area contributed by atoms with E-state index in [1.54, 1.807) is 25.7 Å². The highest BCUT2D eigenvalue weighted by Gasteiger charge is 2.38. The molecule has 1 fully saturated rings. The molecule has 1 aliphatic carbocycles. The SMILES string of the molecule is Cc1cc(C)cc(C(C(=O)NC2CCCCC2)N(C(=O)C(Cc2ccccc2)NC(=O)OC(C)(C)C)C(C)C)c1. The van der Waals surface area contributed by atoms with Gasteiger partial charge in [-0.15, -0.1) is 0 Å². The van der Waals surface area contributed by atoms with E-state index in [0.717, 1.165) is 47.9 Å². The second-order valence-electron chi connectivity index (χ2n) is 12.4. The van der Waals surface area contributed by atoms with Crippen LogP contribution in [0.15, 0.2) is 48.5 Å². The summed E-state index contributed by atoms with van der Waals surface area (Å²) in [5, 5.41) is 6.08. The van der Waals surface area contributed by atoms with E-state index >= 15 is 0 Å². The van der Waals surface area contributed by atoms with E-state index in [9.17, 15) is 14.4 Å². The Labute approximate surface area is 240 Å². The van der Waals surface area contributed by atoms with Crippen molar-refractivity contribution in [1.82, 2.24) is 15.5 Å². The van der Waals surface area contributed by atoms with Gasteiger partial charge in [0.05, 0.1) is 0 Å². The minimum absolute atomic E-state index is 0.0961. The number of carbonyl (C=O) groups excluding carboxylic acids is 3. The molecule has 3 rings (SSSR count). The Bertz CT molecular complexity index is 1130. The quantitative estimate of drug-likeness (QED) is 0.392. The molecule has 7 nitrogen and oxygen atoms in total. The van der Waals surface area contributed by atoms with Gasteiger partial charge in [0.1, 0.15) is 17.7 Å². The molecule has 3 amide bonds. The molecule has 218 valence electrons. The smallest absolute Gasteiger partial charge is 0.408 e. The van der Waals surface area contributed by atoms with E-state index in [1.807, 2.05) is 70.2 Å². The molecule has 0 bridgehead atoms. The fraction of sp³-hybridized carbons (Fsp3) is 0.545. The van der Waals surface area contributed by atoms with Gasteiger partial charge in [0.25, 0.3) is 0 Å². The first-order valence-corrected chi connectivity index (χ1v) is 14.6. The minimum Gasteiger partial charge on any atom is -0.444 e. The Hall–Kier alpha value is -3.35. The fourth-order valence-corrected chi connectivity index (χ4v) is 5.49. The molecule has 0 heterocycles. The van der Waals surface area contributed by atoms with Crippen molar-refractivity contribution in [2.24, 2.45) is 0 Å². The third kappa shape index (κ3) is 9.10. The number of aryl methyl sites for hydroxylation is 2. The number of nitrogens with one attached hydrogen (secondary N) is 2. The zero-order valence-corrected chi connectivity index (χ0v) is 25.3. The van der Waals surface area contributed by atoms with Crippen LogP contribution in [0.3, 0.4) is 0 Å². The molecule has 0 radical (unpaired) electrons. The number of hydrogen-bond acceptors (Lipinski definition) is 4. The van der Waals surface area contributed by atoms with Crippen LogP contribution in [0.25, 0.3) is 0 Å². The van der Waals surface area contributed by atoms with Gasteiger partial charge in [-0.25, -0.2) is 4.79 Å². The zero-order chi connectivity index (χ0) is 29.4. The molecule has 7 heteroatoms. The van der Waals surface area contributed by atoms with Gasteiger partial charge in [-0.05, 0) is 72.4 Å². The van der Waals surface area contributed by atoms with Crippen LogP contribution in [-0.2, 0) is 20.7 Å². The van der Waals surface area contributed by atoms with Crippen LogP contribution < -0.4 is 10.6 Å². The highest BCUT2D eigenvalue weighted by molar-refractivity contribution is 5.92. The standard InChI is InChI=1S/C33H47N3O4/c1-22(2)36(31(38)28(21-25-14-10-8-11-15-25)35-32(39)40-33(5,6)7)29(26-19-23(3)18-24(4)20-26)30(37)34-27-16-12-9-13-17-27/h8,10-11,14-15,18-20,22,27-29H,9,12-13,16-17,21H2,1-7H3,(H,34,37)(H,35,39). The monoisotopic (exact) mass is 549 g/mol. The highest BCUT2D eigenvalue weighted by atomic mass is 16.6. The number of rotatable bonds is 9. The van der Waals surface area contributed by atoms with Crippen molar-refractivity contribution in [2.45, 2.75) is 117 Å². The van der Waals surface area contributed by atoms with Crippen LogP contribution in [0.2, 0.25) is 0 Å². The van der Waals surface area contributed by atoms with E-state index in [0.29, 0.717) is 0 Å². The lowest BCUT2D eigenvalue weighted by Gasteiger charge is -2.38. The molecular formula is C33H47N3O4. The van der Waals surface area contributed by atoms with Gasteiger partial charge < -0.3 is 20.3 Å². The van der Waals surface area contributed by atoms with Crippen molar-refractivity contribution in [3.8, 4) is 0 Å². The number of alkyl carbamates (subject to hydrolysis) is 1. The largest absolute Gasteiger partial charge is 0.444 e. The number of ether oxygens (including phenoxy) is 1. The van der Waals surface area contributed by atoms with Gasteiger partial charge in [0.15, 0.2) is 0 Å². The van der Waals surface area contributed by atoms with Crippen LogP contribution in [0.4, 0.5) is 4.79 Å². The first-order valence-electron chi connectivity index (χ1n) is 14.6. The topological polar surface area (TPSA) is 87.7 Å². The first kappa shape index (κ1) is 31.2. The van der Waals surface area contributed by atoms with Gasteiger partial charge in [-0.3, -0.25) is 9.59 Å². The van der Waals surface area contributed by atoms with Gasteiger partial charge >= 0.3 is 6.09 Å². The first-order chi connectivity index (χ1) is 18.8. The molecule has 0 aliphatic heterocycles. The van der Waals surface area contributed by atoms with E-state index < -0.39 is 23.8 Å². The lowest BCUT2D eigenvalue weighted by Crippen LogP contribution is -2.56. The van der Waals surface area contributed by atoms with Gasteiger partial charge in [-0.2, -0.15) is 0 Å². The molecule has 0 saturated heterocycles. The number of hydrogen-bond donors (Lipinski definition) is 2. The Morgan fingerprint density at radius 3 is 2.10 bits per heavy atom. The third-order valence-corrected chi connectivity index (χ3v) is 7.12. The van der Waals surface area contributed by atoms with Crippen LogP contribution in [0, 0.1) is 13.8 Å². The summed E-state index contributed by atoms with van der Waals surface area (Å²) in [6.45, 7) is 13.2. The van der Waals surface area contributed by atoms with E-state index in [2.05, 4.69) is 16.7 Å². The minimum atomic E-state index is -0.921. The molecular weight excluding hydrogens is 502 g/mol. The molecule has 1 saturated carbocycles. The fourth-order valence-electron chi connectivity index (χ4n) is 5.49. The van der Waals surface area contributed by atoms with Gasteiger partial charge in [-0.1, -0.05) is 78.9 Å². The van der Waals surface area contributed by atoms with Crippen LogP contribution in [-0.4, -0.2) is 46.5 Å². The summed E-state index contributed by atoms with van der Waals surface area (Å²) in [7, 11) is 0. The molecule has 40 heavy (non-hydrogen) atoms. The highest BCUT2D eigenvalue weighted by Crippen LogP contribution is 2.28. The van der Waals surface area contributed by atoms with E-state index in [4.69, 9.17) is 4.74 Å². The molecule has 0 spiro atoms. The van der Waals surface area contributed by atoms with Gasteiger partial charge in [0.2, 0.25) is 11.8 Å². The van der Waals surface area contributed by atoms with Crippen molar-refractivity contribution in [1.29, 1.82) is 0 Å². The van der Waals surface area contributed by atoms with Crippen LogP contribution in [0.1, 0.15) is 95.0 Å². The molecule has 1 aliphatic rings. The lowest BCUT2D eigenvalue weighted by molar-refractivity contribution is -0.145. The van der Waals surface area contributed by atoms with E-state index in [1.165, 1.54) is 6.42 Å². The molecule has 2 atom stereocenters. The third-order valence-electron chi connectivity index (χ3n) is 7.12. The Kier molecular flexibility index (Phi) is 10.8. The molecule has 0 aromatic heterocycles. The maximum atomic E-state index is 14.4. The van der Waals surface area contributed by atoms with Crippen molar-refractivity contribution in [3.05, 3.63) is 70.8 Å². The number of carbonyl (C=O) groups is 3. The Balaban J connectivity index is 2.02. The van der Waals surface area contributed by atoms with Crippen LogP contribution >= 0.6 is 0 Å². The number of nitrogens with zero attached hydrogens (tertiary/aromatic N) is 1. The maximum absolute atomic E-state index is 14.4. The second-order valence-corrected chi connectivity index (χ2v) is 12.4. The van der Waals surface area contributed by atoms with E-state index in [-0.39, 0.29) is 30.3 Å². The number of amides is 3. The summed E-state index contributed by atoms with van der Waals surface area (Å²) in [6, 6.07) is 13.6. The predicted octanol–water partition coefficient (Wildman–Crippen LogP) is 6.17. The zero-order valence-electron chi connectivity index (χ0n) is 25.3. The van der Waals surface area contributed by atoms with Gasteiger partial charge in [0, 0.05) is 18.5 Å². The lowest BCUT2D eigenvalue weighted by atomic mass is 9.93. The predicted molar refractivity (Wildman–Crippen MR) is 159 cm³/mol. The average molecular weight is 550 g/mol. The summed E-state index contributed by atoms with van der Waals surface area (Å²) < 4.78 is 5.52. The van der Waals surface area contributed by atoms with Crippen molar-refractivity contribution < 1.29 is 19.1 Å². The summed E-state index contributed by atoms with van der Waals surface area (Å²) in [6.07, 6.45) is 4.85. The second kappa shape index (κ2) is 13.8. The average Bonchev–Trinajstić information content (AvgIpc) is 2.85. The summed E-state index contributed by atoms with van der Waals surface area (Å²) >= 11 is 0. The molecule has 2 unspecified atom stereocenters. The normalized spacial score (nSPS) is 15.7. The van der Waals surface area contributed by atoms with Crippen molar-refractivity contribution in [3.63, 3.8) is 0 Å². The Morgan fingerprint density at radius 1 is 0.950 bits per heavy atom. The summed E-state index contributed by atoms with van der Waals surface area (Å²) in [5.74, 6) is -0.512. The summed E-state index contributed by atoms with van der Waals surface area (Å²) in [4.78, 5) is 43.0.